The molecule has 0 N–H and O–H groups in total. The van der Waals surface area contributed by atoms with Gasteiger partial charge in [-0.1, -0.05) is 39.3 Å². The summed E-state index contributed by atoms with van der Waals surface area (Å²) in [6.07, 6.45) is -0.196. The van der Waals surface area contributed by atoms with Gasteiger partial charge in [0.05, 0.1) is 0 Å². The van der Waals surface area contributed by atoms with E-state index in [1.54, 1.807) is 0 Å². The van der Waals surface area contributed by atoms with Gasteiger partial charge in [-0.2, -0.15) is 0 Å². The molecule has 1 fully saturated rings. The van der Waals surface area contributed by atoms with Crippen molar-refractivity contribution in [1.82, 2.24) is 4.23 Å². The Hall–Kier alpha value is -0.136. The molecule has 3 nitrogen and oxygen atoms in total. The second-order valence-electron chi connectivity index (χ2n) is 5.50. The van der Waals surface area contributed by atoms with E-state index in [0.717, 1.165) is 0 Å². The van der Waals surface area contributed by atoms with Gasteiger partial charge in [0.15, 0.2) is 0 Å². The third-order valence-electron chi connectivity index (χ3n) is 2.05. The zero-order valence-electron chi connectivity index (χ0n) is 9.34. The lowest BCUT2D eigenvalue weighted by Crippen LogP contribution is -2.60. The number of cyclic esters (lactones) is 1. The van der Waals surface area contributed by atoms with E-state index >= 15 is 0 Å². The predicted molar refractivity (Wildman–Crippen MR) is 58.4 cm³/mol. The normalized spacial score (nSPS) is 23.3. The van der Waals surface area contributed by atoms with E-state index in [0.29, 0.717) is 0 Å². The molecule has 0 bridgehead atoms. The fourth-order valence-corrected chi connectivity index (χ4v) is 11.7. The summed E-state index contributed by atoms with van der Waals surface area (Å²) in [5.74, 6) is -0.0372. The molecule has 1 heterocycles. The second kappa shape index (κ2) is 2.93. The molecule has 1 unspecified atom stereocenters. The van der Waals surface area contributed by atoms with E-state index in [1.165, 1.54) is 0 Å². The van der Waals surface area contributed by atoms with Crippen LogP contribution in [0.4, 0.5) is 0 Å². The first kappa shape index (κ1) is 10.9. The maximum absolute atomic E-state index is 11.0. The Bertz CT molecular complexity index is 215. The maximum Gasteiger partial charge on any atom is 0.364 e. The van der Waals surface area contributed by atoms with Crippen LogP contribution >= 0.6 is 0 Å². The Balaban J connectivity index is 2.84. The lowest BCUT2D eigenvalue weighted by molar-refractivity contribution is -0.117. The minimum Gasteiger partial charge on any atom is -0.432 e. The van der Waals surface area contributed by atoms with Crippen LogP contribution < -0.4 is 0 Å². The molecule has 0 aromatic carbocycles. The van der Waals surface area contributed by atoms with E-state index in [1.807, 2.05) is 0 Å². The van der Waals surface area contributed by atoms with Crippen LogP contribution in [0.2, 0.25) is 39.3 Å². The van der Waals surface area contributed by atoms with Gasteiger partial charge >= 0.3 is 5.97 Å². The third kappa shape index (κ3) is 2.41. The Morgan fingerprint density at radius 2 is 1.38 bits per heavy atom. The van der Waals surface area contributed by atoms with Crippen LogP contribution in [0.25, 0.3) is 0 Å². The molecule has 1 rings (SSSR count). The Kier molecular flexibility index (Phi) is 2.47. The van der Waals surface area contributed by atoms with E-state index in [9.17, 15) is 4.79 Å². The smallest absolute Gasteiger partial charge is 0.364 e. The van der Waals surface area contributed by atoms with Gasteiger partial charge in [0, 0.05) is 0 Å². The summed E-state index contributed by atoms with van der Waals surface area (Å²) in [4.78, 5) is 11.0. The number of epoxide rings is 1. The summed E-state index contributed by atoms with van der Waals surface area (Å²) in [6, 6.07) is 0. The highest BCUT2D eigenvalue weighted by atomic mass is 28.4. The molecule has 5 heteroatoms. The lowest BCUT2D eigenvalue weighted by atomic mass is 10.8. The van der Waals surface area contributed by atoms with Gasteiger partial charge in [0.1, 0.15) is 16.5 Å². The summed E-state index contributed by atoms with van der Waals surface area (Å²) in [5.41, 5.74) is 0. The quantitative estimate of drug-likeness (QED) is 0.534. The predicted octanol–water partition coefficient (Wildman–Crippen LogP) is 1.84. The first-order valence-electron chi connectivity index (χ1n) is 4.64. The summed E-state index contributed by atoms with van der Waals surface area (Å²) < 4.78 is 7.37. The zero-order chi connectivity index (χ0) is 10.4. The van der Waals surface area contributed by atoms with Crippen molar-refractivity contribution in [2.45, 2.75) is 45.5 Å². The molecule has 0 aromatic heterocycles. The average molecular weight is 217 g/mol. The standard InChI is InChI=1S/C8H19NO2Si2/c1-12(2,3)9(13(4,5)6)7-8(10)11-7/h7H,1-6H3. The van der Waals surface area contributed by atoms with Crippen LogP contribution in [-0.4, -0.2) is 32.9 Å². The van der Waals surface area contributed by atoms with Gasteiger partial charge in [-0.3, -0.25) is 0 Å². The minimum absolute atomic E-state index is 0.0372. The number of hydrogen-bond donors (Lipinski definition) is 0. The van der Waals surface area contributed by atoms with Crippen LogP contribution in [0.15, 0.2) is 0 Å². The van der Waals surface area contributed by atoms with E-state index in [-0.39, 0.29) is 12.2 Å². The Labute approximate surface area is 82.2 Å². The Morgan fingerprint density at radius 3 is 1.46 bits per heavy atom. The van der Waals surface area contributed by atoms with Gasteiger partial charge < -0.3 is 8.97 Å². The van der Waals surface area contributed by atoms with Gasteiger partial charge in [0.25, 0.3) is 0 Å². The fourth-order valence-electron chi connectivity index (χ4n) is 1.94. The monoisotopic (exact) mass is 217 g/mol. The highest BCUT2D eigenvalue weighted by Gasteiger charge is 2.52. The number of carbonyl (C=O) groups is 1. The van der Waals surface area contributed by atoms with E-state index in [2.05, 4.69) is 43.5 Å². The number of rotatable bonds is 3. The van der Waals surface area contributed by atoms with Gasteiger partial charge in [-0.25, -0.2) is 4.79 Å². The van der Waals surface area contributed by atoms with E-state index in [4.69, 9.17) is 4.74 Å². The van der Waals surface area contributed by atoms with Gasteiger partial charge in [-0.05, 0) is 0 Å². The molecule has 0 aliphatic carbocycles. The first-order valence-corrected chi connectivity index (χ1v) is 11.5. The summed E-state index contributed by atoms with van der Waals surface area (Å²) in [7, 11) is -2.83. The number of ether oxygens (including phenoxy) is 1. The maximum atomic E-state index is 11.0. The largest absolute Gasteiger partial charge is 0.432 e. The van der Waals surface area contributed by atoms with Crippen molar-refractivity contribution < 1.29 is 9.53 Å². The molecule has 0 aromatic rings. The molecule has 1 aliphatic heterocycles. The first-order chi connectivity index (χ1) is 5.64. The molecular formula is C8H19NO2Si2. The van der Waals surface area contributed by atoms with Crippen LogP contribution in [0.3, 0.4) is 0 Å². The van der Waals surface area contributed by atoms with Crippen molar-refractivity contribution in [3.63, 3.8) is 0 Å². The SMILES string of the molecule is C[Si](C)(C)N(C1OC1=O)[Si](C)(C)C. The molecular weight excluding hydrogens is 198 g/mol. The van der Waals surface area contributed by atoms with Crippen molar-refractivity contribution in [3.05, 3.63) is 0 Å². The Morgan fingerprint density at radius 1 is 1.08 bits per heavy atom. The van der Waals surface area contributed by atoms with Crippen LogP contribution in [0.1, 0.15) is 0 Å². The highest BCUT2D eigenvalue weighted by Crippen LogP contribution is 2.30. The molecule has 0 spiro atoms. The molecule has 1 atom stereocenters. The minimum atomic E-state index is -1.42. The lowest BCUT2D eigenvalue weighted by Gasteiger charge is -2.40. The van der Waals surface area contributed by atoms with Crippen LogP contribution in [0, 0.1) is 0 Å². The van der Waals surface area contributed by atoms with Crippen molar-refractivity contribution in [2.75, 3.05) is 0 Å². The highest BCUT2D eigenvalue weighted by molar-refractivity contribution is 6.89. The molecule has 0 saturated carbocycles. The second-order valence-corrected chi connectivity index (χ2v) is 15.6. The van der Waals surface area contributed by atoms with Gasteiger partial charge in [-0.15, -0.1) is 0 Å². The van der Waals surface area contributed by atoms with Crippen molar-refractivity contribution in [2.24, 2.45) is 0 Å². The average Bonchev–Trinajstić information content (AvgIpc) is 2.37. The van der Waals surface area contributed by atoms with Crippen LogP contribution in [-0.2, 0) is 9.53 Å². The summed E-state index contributed by atoms with van der Waals surface area (Å²) in [6.45, 7) is 13.6. The molecule has 0 amide bonds. The molecule has 76 valence electrons. The molecule has 0 radical (unpaired) electrons. The van der Waals surface area contributed by atoms with Crippen molar-refractivity contribution in [1.29, 1.82) is 0 Å². The number of carbonyl (C=O) groups excluding carboxylic acids is 1. The molecule has 1 aliphatic rings. The molecule has 13 heavy (non-hydrogen) atoms. The van der Waals surface area contributed by atoms with Crippen molar-refractivity contribution >= 4 is 22.4 Å². The third-order valence-corrected chi connectivity index (χ3v) is 9.44. The zero-order valence-corrected chi connectivity index (χ0v) is 11.3. The number of hydrogen-bond acceptors (Lipinski definition) is 3. The van der Waals surface area contributed by atoms with Crippen LogP contribution in [0.5, 0.6) is 0 Å². The van der Waals surface area contributed by atoms with E-state index < -0.39 is 16.5 Å². The summed E-state index contributed by atoms with van der Waals surface area (Å²) in [5, 5.41) is 0. The van der Waals surface area contributed by atoms with Crippen molar-refractivity contribution in [3.8, 4) is 0 Å². The summed E-state index contributed by atoms with van der Waals surface area (Å²) >= 11 is 0. The topological polar surface area (TPSA) is 32.8 Å². The van der Waals surface area contributed by atoms with Gasteiger partial charge in [0.2, 0.25) is 6.23 Å². The number of nitrogens with zero attached hydrogens (tertiary/aromatic N) is 1. The fraction of sp³-hybridized carbons (Fsp3) is 0.875. The molecule has 1 saturated heterocycles.